The summed E-state index contributed by atoms with van der Waals surface area (Å²) in [5.74, 6) is 0. The van der Waals surface area contributed by atoms with Crippen molar-refractivity contribution in [2.24, 2.45) is 0 Å². The van der Waals surface area contributed by atoms with Gasteiger partial charge in [-0.1, -0.05) is 17.7 Å². The van der Waals surface area contributed by atoms with Crippen molar-refractivity contribution in [3.8, 4) is 0 Å². The van der Waals surface area contributed by atoms with E-state index in [1.165, 1.54) is 12.3 Å². The van der Waals surface area contributed by atoms with E-state index in [1.807, 2.05) is 13.8 Å². The first-order chi connectivity index (χ1) is 11.2. The maximum Gasteiger partial charge on any atom is 0.344 e. The van der Waals surface area contributed by atoms with Crippen molar-refractivity contribution in [1.82, 2.24) is 14.7 Å². The van der Waals surface area contributed by atoms with Gasteiger partial charge in [0.2, 0.25) is 9.84 Å². The number of rotatable bonds is 4. The van der Waals surface area contributed by atoms with Crippen LogP contribution in [0, 0.1) is 13.8 Å². The van der Waals surface area contributed by atoms with Crippen LogP contribution in [0.3, 0.4) is 0 Å². The van der Waals surface area contributed by atoms with Crippen molar-refractivity contribution in [2.45, 2.75) is 37.6 Å². The van der Waals surface area contributed by atoms with Crippen LogP contribution in [-0.2, 0) is 9.84 Å². The van der Waals surface area contributed by atoms with Gasteiger partial charge in [-0.15, -0.1) is 0 Å². The average molecular weight is 370 g/mol. The Balaban J connectivity index is 2.50. The van der Waals surface area contributed by atoms with Gasteiger partial charge < -0.3 is 4.90 Å². The summed E-state index contributed by atoms with van der Waals surface area (Å²) in [5, 5.41) is 4.18. The van der Waals surface area contributed by atoms with Gasteiger partial charge in [0.15, 0.2) is 5.03 Å². The van der Waals surface area contributed by atoms with E-state index in [2.05, 4.69) is 5.10 Å². The van der Waals surface area contributed by atoms with Crippen LogP contribution in [0.5, 0.6) is 0 Å². The van der Waals surface area contributed by atoms with Gasteiger partial charge in [0, 0.05) is 24.3 Å². The summed E-state index contributed by atoms with van der Waals surface area (Å²) >= 11 is 6.06. The summed E-state index contributed by atoms with van der Waals surface area (Å²) in [7, 11) is -3.86. The molecule has 0 bridgehead atoms. The largest absolute Gasteiger partial charge is 0.344 e. The highest BCUT2D eigenvalue weighted by Crippen LogP contribution is 2.30. The summed E-state index contributed by atoms with van der Waals surface area (Å²) in [6, 6.07) is 4.28. The molecule has 0 N–H and O–H groups in total. The molecule has 1 aromatic carbocycles. The predicted octanol–water partition coefficient (Wildman–Crippen LogP) is 3.30. The molecule has 0 radical (unpaired) electrons. The molecule has 1 aromatic heterocycles. The van der Waals surface area contributed by atoms with Gasteiger partial charge in [0.25, 0.3) is 0 Å². The zero-order chi connectivity index (χ0) is 18.1. The summed E-state index contributed by atoms with van der Waals surface area (Å²) in [6.07, 6.45) is 1.36. The van der Waals surface area contributed by atoms with Crippen LogP contribution >= 0.6 is 11.6 Å². The molecule has 1 heterocycles. The number of aromatic nitrogens is 2. The lowest BCUT2D eigenvalue weighted by Crippen LogP contribution is -2.34. The molecule has 0 saturated carbocycles. The van der Waals surface area contributed by atoms with Crippen molar-refractivity contribution in [3.05, 3.63) is 40.5 Å². The van der Waals surface area contributed by atoms with E-state index >= 15 is 0 Å². The fraction of sp³-hybridized carbons (Fsp3) is 0.375. The molecule has 0 aliphatic heterocycles. The Hall–Kier alpha value is -1.86. The monoisotopic (exact) mass is 369 g/mol. The molecule has 0 saturated heterocycles. The molecule has 6 nitrogen and oxygen atoms in total. The van der Waals surface area contributed by atoms with Crippen LogP contribution in [0.15, 0.2) is 34.3 Å². The predicted molar refractivity (Wildman–Crippen MR) is 92.3 cm³/mol. The highest BCUT2D eigenvalue weighted by atomic mass is 35.5. The normalized spacial score (nSPS) is 11.5. The number of halogens is 1. The van der Waals surface area contributed by atoms with E-state index in [-0.39, 0.29) is 16.0 Å². The number of carbonyl (C=O) groups is 1. The van der Waals surface area contributed by atoms with E-state index in [1.54, 1.807) is 30.9 Å². The summed E-state index contributed by atoms with van der Waals surface area (Å²) in [6.45, 7) is 8.09. The molecule has 0 aliphatic carbocycles. The Bertz CT molecular complexity index is 871. The Morgan fingerprint density at radius 3 is 2.42 bits per heavy atom. The molecular weight excluding hydrogens is 350 g/mol. The molecule has 0 unspecified atom stereocenters. The van der Waals surface area contributed by atoms with Crippen LogP contribution in [0.25, 0.3) is 0 Å². The van der Waals surface area contributed by atoms with Crippen LogP contribution in [-0.4, -0.2) is 42.2 Å². The highest BCUT2D eigenvalue weighted by Gasteiger charge is 2.27. The first kappa shape index (κ1) is 18.5. The lowest BCUT2D eigenvalue weighted by atomic mass is 10.1. The molecule has 24 heavy (non-hydrogen) atoms. The second-order valence-electron chi connectivity index (χ2n) is 5.38. The van der Waals surface area contributed by atoms with Gasteiger partial charge in [0.1, 0.15) is 0 Å². The quantitative estimate of drug-likeness (QED) is 0.828. The maximum absolute atomic E-state index is 12.9. The third-order valence-electron chi connectivity index (χ3n) is 3.88. The molecular formula is C16H20ClN3O3S. The summed E-state index contributed by atoms with van der Waals surface area (Å²) in [4.78, 5) is 14.0. The van der Waals surface area contributed by atoms with E-state index in [9.17, 15) is 13.2 Å². The van der Waals surface area contributed by atoms with Crippen molar-refractivity contribution >= 4 is 27.5 Å². The summed E-state index contributed by atoms with van der Waals surface area (Å²) < 4.78 is 26.9. The number of nitrogens with zero attached hydrogens (tertiary/aromatic N) is 3. The zero-order valence-electron chi connectivity index (χ0n) is 14.1. The lowest BCUT2D eigenvalue weighted by molar-refractivity contribution is 0.201. The second-order valence-corrected chi connectivity index (χ2v) is 7.62. The number of amides is 1. The first-order valence-corrected chi connectivity index (χ1v) is 9.45. The van der Waals surface area contributed by atoms with Crippen molar-refractivity contribution < 1.29 is 13.2 Å². The number of sulfone groups is 1. The number of hydrogen-bond donors (Lipinski definition) is 0. The van der Waals surface area contributed by atoms with Crippen LogP contribution in [0.2, 0.25) is 5.02 Å². The van der Waals surface area contributed by atoms with E-state index < -0.39 is 9.84 Å². The molecule has 2 rings (SSSR count). The smallest absolute Gasteiger partial charge is 0.323 e. The van der Waals surface area contributed by atoms with Gasteiger partial charge in [-0.2, -0.15) is 9.78 Å². The Labute approximate surface area is 147 Å². The number of hydrogen-bond acceptors (Lipinski definition) is 4. The molecule has 1 amide bonds. The van der Waals surface area contributed by atoms with Crippen molar-refractivity contribution in [1.29, 1.82) is 0 Å². The van der Waals surface area contributed by atoms with E-state index in [4.69, 9.17) is 11.6 Å². The van der Waals surface area contributed by atoms with Gasteiger partial charge >= 0.3 is 6.03 Å². The van der Waals surface area contributed by atoms with Gasteiger partial charge in [-0.25, -0.2) is 13.2 Å². The molecule has 0 fully saturated rings. The minimum Gasteiger partial charge on any atom is -0.323 e. The Morgan fingerprint density at radius 2 is 1.83 bits per heavy atom. The fourth-order valence-corrected chi connectivity index (χ4v) is 4.38. The van der Waals surface area contributed by atoms with Gasteiger partial charge in [-0.3, -0.25) is 0 Å². The molecule has 0 atom stereocenters. The minimum absolute atomic E-state index is 0.135. The maximum atomic E-state index is 12.9. The minimum atomic E-state index is -3.86. The Kier molecular flexibility index (Phi) is 5.35. The topological polar surface area (TPSA) is 72.3 Å². The standard InChI is InChI=1S/C16H20ClN3O3S/c1-5-19(6-2)16(21)20-10-9-14(18-20)24(22,23)15-11(3)7-8-13(17)12(15)4/h7-10H,5-6H2,1-4H3. The second kappa shape index (κ2) is 6.94. The highest BCUT2D eigenvalue weighted by molar-refractivity contribution is 7.91. The van der Waals surface area contributed by atoms with E-state index in [0.717, 1.165) is 4.68 Å². The van der Waals surface area contributed by atoms with Gasteiger partial charge in [-0.05, 0) is 51.0 Å². The average Bonchev–Trinajstić information content (AvgIpc) is 3.03. The number of aryl methyl sites for hydroxylation is 1. The third kappa shape index (κ3) is 3.18. The van der Waals surface area contributed by atoms with Crippen molar-refractivity contribution in [3.63, 3.8) is 0 Å². The molecule has 130 valence electrons. The summed E-state index contributed by atoms with van der Waals surface area (Å²) in [5.41, 5.74) is 1.06. The number of carbonyl (C=O) groups excluding carboxylic acids is 1. The third-order valence-corrected chi connectivity index (χ3v) is 6.22. The first-order valence-electron chi connectivity index (χ1n) is 7.59. The fourth-order valence-electron chi connectivity index (χ4n) is 2.52. The van der Waals surface area contributed by atoms with E-state index in [0.29, 0.717) is 29.2 Å². The van der Waals surface area contributed by atoms with Crippen LogP contribution in [0.1, 0.15) is 25.0 Å². The lowest BCUT2D eigenvalue weighted by Gasteiger charge is -2.17. The molecule has 0 spiro atoms. The van der Waals surface area contributed by atoms with Crippen LogP contribution in [0.4, 0.5) is 4.79 Å². The Morgan fingerprint density at radius 1 is 1.21 bits per heavy atom. The molecule has 0 aliphatic rings. The van der Waals surface area contributed by atoms with Gasteiger partial charge in [0.05, 0.1) is 4.90 Å². The number of benzene rings is 1. The zero-order valence-corrected chi connectivity index (χ0v) is 15.6. The molecule has 2 aromatic rings. The van der Waals surface area contributed by atoms with Crippen LogP contribution < -0.4 is 0 Å². The van der Waals surface area contributed by atoms with Crippen molar-refractivity contribution in [2.75, 3.05) is 13.1 Å². The SMILES string of the molecule is CCN(CC)C(=O)n1ccc(S(=O)(=O)c2c(C)ccc(Cl)c2C)n1. The molecule has 8 heteroatoms.